The number of benzene rings is 1. The average Bonchev–Trinajstić information content (AvgIpc) is 3.23. The quantitative estimate of drug-likeness (QED) is 0.316. The fraction of sp³-hybridized carbons (Fsp3) is 0.429. The Labute approximate surface area is 199 Å². The highest BCUT2D eigenvalue weighted by Gasteiger charge is 2.60. The molecule has 2 heterocycles. The summed E-state index contributed by atoms with van der Waals surface area (Å²) in [5.74, 6) is -2.17. The predicted molar refractivity (Wildman–Crippen MR) is 102 cm³/mol. The Bertz CT molecular complexity index is 1150. The minimum absolute atomic E-state index is 0.0544. The third-order valence-corrected chi connectivity index (χ3v) is 5.88. The molecule has 1 aliphatic rings. The van der Waals surface area contributed by atoms with Crippen molar-refractivity contribution in [2.24, 2.45) is 0 Å². The first-order valence-electron chi connectivity index (χ1n) is 9.98. The van der Waals surface area contributed by atoms with Gasteiger partial charge in [0.15, 0.2) is 0 Å². The van der Waals surface area contributed by atoms with Gasteiger partial charge in [-0.2, -0.15) is 52.7 Å². The number of nitrogens with zero attached hydrogens (tertiary/aromatic N) is 2. The minimum Gasteiger partial charge on any atom is -0.465 e. The number of carbonyl (C=O) groups is 1. The van der Waals surface area contributed by atoms with E-state index in [1.807, 2.05) is 0 Å². The summed E-state index contributed by atoms with van der Waals surface area (Å²) in [6.07, 6.45) is -22.1. The first-order valence-corrected chi connectivity index (χ1v) is 9.98. The van der Waals surface area contributed by atoms with E-state index < -0.39 is 89.2 Å². The lowest BCUT2D eigenvalue weighted by molar-refractivity contribution is -0.185. The molecule has 0 amide bonds. The summed E-state index contributed by atoms with van der Waals surface area (Å²) in [6, 6.07) is -0.183. The lowest BCUT2D eigenvalue weighted by Crippen LogP contribution is -2.45. The van der Waals surface area contributed by atoms with Crippen LogP contribution in [0, 0.1) is 0 Å². The molecule has 204 valence electrons. The lowest BCUT2D eigenvalue weighted by atomic mass is 9.77. The summed E-state index contributed by atoms with van der Waals surface area (Å²) in [7, 11) is 0.777. The van der Waals surface area contributed by atoms with Crippen LogP contribution < -0.4 is 4.90 Å². The van der Waals surface area contributed by atoms with Crippen LogP contribution in [0.4, 0.5) is 58.5 Å². The van der Waals surface area contributed by atoms with E-state index in [-0.39, 0.29) is 24.3 Å². The number of hydrogen-bond donors (Lipinski definition) is 0. The third kappa shape index (κ3) is 5.42. The molecule has 2 aromatic rings. The van der Waals surface area contributed by atoms with Crippen LogP contribution in [-0.4, -0.2) is 37.3 Å². The Kier molecular flexibility index (Phi) is 6.88. The molecule has 16 heteroatoms. The van der Waals surface area contributed by atoms with Gasteiger partial charge in [-0.3, -0.25) is 0 Å². The smallest absolute Gasteiger partial charge is 0.417 e. The second-order valence-corrected chi connectivity index (χ2v) is 8.12. The average molecular weight is 554 g/mol. The summed E-state index contributed by atoms with van der Waals surface area (Å²) < 4.78 is 167. The monoisotopic (exact) mass is 554 g/mol. The maximum atomic E-state index is 14.3. The second kappa shape index (κ2) is 8.97. The molecule has 1 aromatic heterocycles. The van der Waals surface area contributed by atoms with Gasteiger partial charge in [0, 0.05) is 19.3 Å². The third-order valence-electron chi connectivity index (χ3n) is 5.88. The van der Waals surface area contributed by atoms with Crippen LogP contribution in [0.15, 0.2) is 30.5 Å². The number of anilines is 1. The molecule has 0 spiro atoms. The number of ether oxygens (including phenoxy) is 1. The molecule has 0 bridgehead atoms. The fourth-order valence-corrected chi connectivity index (χ4v) is 3.99. The van der Waals surface area contributed by atoms with Crippen molar-refractivity contribution in [2.45, 2.75) is 36.5 Å². The number of carbonyl (C=O) groups excluding carboxylic acids is 1. The van der Waals surface area contributed by atoms with Gasteiger partial charge in [-0.25, -0.2) is 9.78 Å². The van der Waals surface area contributed by atoms with Crippen molar-refractivity contribution in [2.75, 3.05) is 25.1 Å². The fourth-order valence-electron chi connectivity index (χ4n) is 3.99. The van der Waals surface area contributed by atoms with E-state index in [9.17, 15) is 57.5 Å². The van der Waals surface area contributed by atoms with E-state index in [2.05, 4.69) is 9.72 Å². The number of pyridine rings is 1. The molecule has 0 saturated carbocycles. The van der Waals surface area contributed by atoms with Crippen molar-refractivity contribution in [3.8, 4) is 0 Å². The van der Waals surface area contributed by atoms with Crippen LogP contribution in [-0.2, 0) is 28.7 Å². The summed E-state index contributed by atoms with van der Waals surface area (Å²) in [5, 5.41) is 0. The van der Waals surface area contributed by atoms with E-state index in [4.69, 9.17) is 0 Å². The van der Waals surface area contributed by atoms with Gasteiger partial charge in [-0.05, 0) is 36.2 Å². The number of alkyl halides is 12. The maximum absolute atomic E-state index is 14.3. The van der Waals surface area contributed by atoms with Crippen molar-refractivity contribution in [1.82, 2.24) is 4.98 Å². The van der Waals surface area contributed by atoms with Gasteiger partial charge in [0.2, 0.25) is 0 Å². The molecule has 1 saturated heterocycles. The van der Waals surface area contributed by atoms with E-state index in [1.165, 1.54) is 0 Å². The zero-order valence-electron chi connectivity index (χ0n) is 18.3. The summed E-state index contributed by atoms with van der Waals surface area (Å²) in [6.45, 7) is -2.06. The lowest BCUT2D eigenvalue weighted by Gasteiger charge is -2.33. The number of aromatic nitrogens is 1. The first kappa shape index (κ1) is 28.4. The Morgan fingerprint density at radius 3 is 1.84 bits per heavy atom. The molecule has 1 unspecified atom stereocenters. The zero-order valence-corrected chi connectivity index (χ0v) is 18.3. The molecule has 4 nitrogen and oxygen atoms in total. The first-order chi connectivity index (χ1) is 16.7. The van der Waals surface area contributed by atoms with Gasteiger partial charge in [-0.1, -0.05) is 0 Å². The standard InChI is InChI=1S/C21H14F12N2O2/c1-37-16(36)13-8-34-15(7-14(13)20(28,29)30)35-3-2-17(9-35,21(31,32)33)10-4-11(18(22,23)24)6-12(5-10)19(25,26)27/h4-8H,2-3,9H2,1H3. The molecular formula is C21H14F12N2O2. The summed E-state index contributed by atoms with van der Waals surface area (Å²) >= 11 is 0. The van der Waals surface area contributed by atoms with E-state index in [0.717, 1.165) is 7.11 Å². The van der Waals surface area contributed by atoms with E-state index in [1.54, 1.807) is 0 Å². The topological polar surface area (TPSA) is 42.4 Å². The number of halogens is 12. The molecule has 1 atom stereocenters. The predicted octanol–water partition coefficient (Wildman–Crippen LogP) is 6.64. The van der Waals surface area contributed by atoms with Crippen LogP contribution >= 0.6 is 0 Å². The normalized spacial score (nSPS) is 19.3. The van der Waals surface area contributed by atoms with Crippen molar-refractivity contribution >= 4 is 11.8 Å². The Morgan fingerprint density at radius 2 is 1.41 bits per heavy atom. The van der Waals surface area contributed by atoms with E-state index >= 15 is 0 Å². The highest BCUT2D eigenvalue weighted by molar-refractivity contribution is 5.91. The van der Waals surface area contributed by atoms with Crippen LogP contribution in [0.25, 0.3) is 0 Å². The SMILES string of the molecule is COC(=O)c1cnc(N2CCC(c3cc(C(F)(F)F)cc(C(F)(F)F)c3)(C(F)(F)F)C2)cc1C(F)(F)F. The highest BCUT2D eigenvalue weighted by atomic mass is 19.4. The molecule has 0 radical (unpaired) electrons. The van der Waals surface area contributed by atoms with Gasteiger partial charge in [0.25, 0.3) is 0 Å². The van der Waals surface area contributed by atoms with Crippen LogP contribution in [0.1, 0.15) is 39.0 Å². The Morgan fingerprint density at radius 1 is 0.865 bits per heavy atom. The molecule has 3 rings (SSSR count). The number of methoxy groups -OCH3 is 1. The number of hydrogen-bond acceptors (Lipinski definition) is 4. The number of rotatable bonds is 3. The number of esters is 1. The van der Waals surface area contributed by atoms with Gasteiger partial charge < -0.3 is 9.64 Å². The van der Waals surface area contributed by atoms with E-state index in [0.29, 0.717) is 11.1 Å². The molecule has 1 aromatic carbocycles. The van der Waals surface area contributed by atoms with Crippen molar-refractivity contribution in [3.05, 3.63) is 58.3 Å². The Balaban J connectivity index is 2.16. The molecule has 0 aliphatic carbocycles. The molecule has 1 fully saturated rings. The molecule has 0 N–H and O–H groups in total. The second-order valence-electron chi connectivity index (χ2n) is 8.12. The van der Waals surface area contributed by atoms with Gasteiger partial charge in [0.1, 0.15) is 11.2 Å². The van der Waals surface area contributed by atoms with Crippen LogP contribution in [0.5, 0.6) is 0 Å². The van der Waals surface area contributed by atoms with Crippen LogP contribution in [0.3, 0.4) is 0 Å². The van der Waals surface area contributed by atoms with Crippen molar-refractivity contribution < 1.29 is 62.2 Å². The molecule has 37 heavy (non-hydrogen) atoms. The van der Waals surface area contributed by atoms with Gasteiger partial charge in [-0.15, -0.1) is 0 Å². The van der Waals surface area contributed by atoms with Crippen molar-refractivity contribution in [3.63, 3.8) is 0 Å². The largest absolute Gasteiger partial charge is 0.465 e. The highest BCUT2D eigenvalue weighted by Crippen LogP contribution is 2.50. The minimum atomic E-state index is -5.42. The maximum Gasteiger partial charge on any atom is 0.417 e. The summed E-state index contributed by atoms with van der Waals surface area (Å²) in [4.78, 5) is 15.8. The summed E-state index contributed by atoms with van der Waals surface area (Å²) in [5.41, 5.74) is -11.3. The van der Waals surface area contributed by atoms with Crippen molar-refractivity contribution in [1.29, 1.82) is 0 Å². The van der Waals surface area contributed by atoms with Gasteiger partial charge >= 0.3 is 30.7 Å². The van der Waals surface area contributed by atoms with Crippen LogP contribution in [0.2, 0.25) is 0 Å². The Hall–Kier alpha value is -3.20. The zero-order chi connectivity index (χ0) is 28.2. The molecule has 1 aliphatic heterocycles. The molecular weight excluding hydrogens is 540 g/mol. The van der Waals surface area contributed by atoms with Gasteiger partial charge in [0.05, 0.1) is 29.4 Å².